The molecule has 2 unspecified atom stereocenters. The van der Waals surface area contributed by atoms with Gasteiger partial charge in [-0.15, -0.1) is 5.10 Å². The highest BCUT2D eigenvalue weighted by Gasteiger charge is 2.31. The minimum atomic E-state index is -0.563. The van der Waals surface area contributed by atoms with Gasteiger partial charge in [0.15, 0.2) is 0 Å². The van der Waals surface area contributed by atoms with Crippen LogP contribution < -0.4 is 20.9 Å². The first-order chi connectivity index (χ1) is 25.5. The van der Waals surface area contributed by atoms with Crippen molar-refractivity contribution < 1.29 is 19.1 Å². The first kappa shape index (κ1) is 42.6. The molecule has 11 nitrogen and oxygen atoms in total. The lowest BCUT2D eigenvalue weighted by molar-refractivity contribution is -0.132. The normalized spacial score (nSPS) is 14.1. The molecule has 1 aliphatic rings. The summed E-state index contributed by atoms with van der Waals surface area (Å²) in [6.07, 6.45) is 2.27. The Morgan fingerprint density at radius 2 is 1.56 bits per heavy atom. The second-order valence-electron chi connectivity index (χ2n) is 16.9. The molecule has 296 valence electrons. The van der Waals surface area contributed by atoms with E-state index in [1.807, 2.05) is 74.8 Å². The minimum absolute atomic E-state index is 0.0421. The van der Waals surface area contributed by atoms with E-state index in [0.29, 0.717) is 57.0 Å². The Kier molecular flexibility index (Phi) is 15.0. The Hall–Kier alpha value is -4.09. The molecule has 0 saturated heterocycles. The third kappa shape index (κ3) is 11.7. The third-order valence-electron chi connectivity index (χ3n) is 10.7. The quantitative estimate of drug-likeness (QED) is 0.119. The molecule has 0 aliphatic carbocycles. The van der Waals surface area contributed by atoms with E-state index in [1.54, 1.807) is 4.90 Å². The molecular formula is C43H65N7O4. The Morgan fingerprint density at radius 1 is 0.870 bits per heavy atom. The number of benzene rings is 2. The first-order valence-electron chi connectivity index (χ1n) is 19.9. The summed E-state index contributed by atoms with van der Waals surface area (Å²) in [6.45, 7) is 23.5. The van der Waals surface area contributed by atoms with Gasteiger partial charge in [0.2, 0.25) is 17.7 Å². The van der Waals surface area contributed by atoms with Crippen molar-refractivity contribution in [3.8, 4) is 22.5 Å². The summed E-state index contributed by atoms with van der Waals surface area (Å²) in [7, 11) is 0. The van der Waals surface area contributed by atoms with Gasteiger partial charge in [0.25, 0.3) is 0 Å². The molecule has 0 saturated carbocycles. The smallest absolute Gasteiger partial charge is 0.227 e. The fraction of sp³-hybridized carbons (Fsp3) is 0.605. The van der Waals surface area contributed by atoms with E-state index in [-0.39, 0.29) is 36.6 Å². The van der Waals surface area contributed by atoms with Crippen LogP contribution in [0.25, 0.3) is 22.5 Å². The number of aromatic nitrogens is 3. The third-order valence-corrected chi connectivity index (χ3v) is 10.7. The lowest BCUT2D eigenvalue weighted by atomic mass is 9.87. The summed E-state index contributed by atoms with van der Waals surface area (Å²) in [5.41, 5.74) is 4.17. The predicted octanol–water partition coefficient (Wildman–Crippen LogP) is 7.14. The summed E-state index contributed by atoms with van der Waals surface area (Å²) in [4.78, 5) is 41.7. The van der Waals surface area contributed by atoms with E-state index >= 15 is 0 Å². The highest BCUT2D eigenvalue weighted by molar-refractivity contribution is 6.01. The number of nitrogens with one attached hydrogen (secondary N) is 3. The van der Waals surface area contributed by atoms with Crippen LogP contribution in [0.15, 0.2) is 48.5 Å². The van der Waals surface area contributed by atoms with Crippen molar-refractivity contribution in [3.05, 3.63) is 54.1 Å². The monoisotopic (exact) mass is 744 g/mol. The molecule has 0 bridgehead atoms. The van der Waals surface area contributed by atoms with Gasteiger partial charge in [0, 0.05) is 61.2 Å². The number of rotatable bonds is 19. The van der Waals surface area contributed by atoms with Crippen molar-refractivity contribution in [2.45, 2.75) is 132 Å². The number of para-hydroxylation sites is 1. The first-order valence-corrected chi connectivity index (χ1v) is 19.9. The van der Waals surface area contributed by atoms with Crippen molar-refractivity contribution in [2.24, 2.45) is 17.3 Å². The van der Waals surface area contributed by atoms with Crippen LogP contribution in [0.1, 0.15) is 107 Å². The summed E-state index contributed by atoms with van der Waals surface area (Å²) in [5, 5.41) is 18.8. The molecule has 2 heterocycles. The molecule has 0 spiro atoms. The van der Waals surface area contributed by atoms with Gasteiger partial charge in [-0.1, -0.05) is 96.1 Å². The number of carbonyl (C=O) groups is 3. The molecule has 3 amide bonds. The highest BCUT2D eigenvalue weighted by atomic mass is 16.5. The van der Waals surface area contributed by atoms with Gasteiger partial charge in [-0.2, -0.15) is 0 Å². The van der Waals surface area contributed by atoms with Crippen LogP contribution in [0.3, 0.4) is 0 Å². The maximum absolute atomic E-state index is 13.9. The second kappa shape index (κ2) is 19.0. The zero-order chi connectivity index (χ0) is 39.6. The molecule has 2 aromatic carbocycles. The van der Waals surface area contributed by atoms with Gasteiger partial charge in [-0.25, -0.2) is 4.68 Å². The van der Waals surface area contributed by atoms with E-state index < -0.39 is 11.0 Å². The Morgan fingerprint density at radius 3 is 2.26 bits per heavy atom. The largest absolute Gasteiger partial charge is 0.375 e. The Balaban J connectivity index is 1.31. The molecule has 1 aliphatic heterocycles. The number of hydrogen-bond acceptors (Lipinski definition) is 7. The van der Waals surface area contributed by atoms with Gasteiger partial charge >= 0.3 is 0 Å². The molecule has 1 aromatic heterocycles. The van der Waals surface area contributed by atoms with Crippen molar-refractivity contribution in [1.29, 1.82) is 0 Å². The molecule has 11 heteroatoms. The fourth-order valence-corrected chi connectivity index (χ4v) is 6.68. The van der Waals surface area contributed by atoms with Crippen LogP contribution >= 0.6 is 0 Å². The maximum Gasteiger partial charge on any atom is 0.227 e. The number of fused-ring (bicyclic) bond motifs is 5. The lowest BCUT2D eigenvalue weighted by Gasteiger charge is -2.30. The number of ether oxygens (including phenoxy) is 1. The van der Waals surface area contributed by atoms with Crippen LogP contribution in [-0.4, -0.2) is 70.1 Å². The van der Waals surface area contributed by atoms with E-state index in [1.165, 1.54) is 0 Å². The number of hydrogen-bond donors (Lipinski definition) is 3. The minimum Gasteiger partial charge on any atom is -0.375 e. The predicted molar refractivity (Wildman–Crippen MR) is 217 cm³/mol. The molecule has 0 radical (unpaired) electrons. The van der Waals surface area contributed by atoms with E-state index in [9.17, 15) is 14.4 Å². The molecule has 54 heavy (non-hydrogen) atoms. The Bertz CT molecular complexity index is 1710. The highest BCUT2D eigenvalue weighted by Crippen LogP contribution is 2.41. The number of nitrogens with zero attached hydrogens (tertiary/aromatic N) is 4. The summed E-state index contributed by atoms with van der Waals surface area (Å²) >= 11 is 0. The number of amides is 3. The van der Waals surface area contributed by atoms with E-state index in [4.69, 9.17) is 4.74 Å². The maximum atomic E-state index is 13.9. The number of anilines is 1. The molecule has 3 N–H and O–H groups in total. The van der Waals surface area contributed by atoms with E-state index in [2.05, 4.69) is 73.9 Å². The van der Waals surface area contributed by atoms with Crippen LogP contribution in [0.2, 0.25) is 0 Å². The van der Waals surface area contributed by atoms with Gasteiger partial charge < -0.3 is 25.6 Å². The fourth-order valence-electron chi connectivity index (χ4n) is 6.68. The zero-order valence-electron chi connectivity index (χ0n) is 34.4. The molecular weight excluding hydrogens is 679 g/mol. The molecule has 2 atom stereocenters. The lowest BCUT2D eigenvalue weighted by Crippen LogP contribution is -2.43. The van der Waals surface area contributed by atoms with Gasteiger partial charge in [0.1, 0.15) is 5.69 Å². The van der Waals surface area contributed by atoms with E-state index in [0.717, 1.165) is 46.7 Å². The zero-order valence-corrected chi connectivity index (χ0v) is 34.4. The average Bonchev–Trinajstić information content (AvgIpc) is 3.51. The summed E-state index contributed by atoms with van der Waals surface area (Å²) in [5.74, 6) is 0.839. The molecule has 3 aromatic rings. The van der Waals surface area contributed by atoms with Gasteiger partial charge in [-0.05, 0) is 63.5 Å². The van der Waals surface area contributed by atoms with Gasteiger partial charge in [0.05, 0.1) is 30.1 Å². The van der Waals surface area contributed by atoms with Crippen LogP contribution in [0, 0.1) is 17.3 Å². The van der Waals surface area contributed by atoms with Gasteiger partial charge in [-0.3, -0.25) is 14.4 Å². The van der Waals surface area contributed by atoms with Crippen molar-refractivity contribution in [1.82, 2.24) is 30.9 Å². The topological polar surface area (TPSA) is 130 Å². The van der Waals surface area contributed by atoms with Crippen molar-refractivity contribution in [2.75, 3.05) is 24.6 Å². The SMILES string of the molecule is CC(C)NCCn1nnc2c1-c1ccccc1CN(C(=O)CCC(=O)NCCC(C)(C)OCCC(C)(C)C(=O)NC(C)CC(C)C(C)C)c1ccccc1-2. The summed E-state index contributed by atoms with van der Waals surface area (Å²) in [6, 6.07) is 16.4. The summed E-state index contributed by atoms with van der Waals surface area (Å²) < 4.78 is 8.16. The van der Waals surface area contributed by atoms with Crippen LogP contribution in [0.4, 0.5) is 5.69 Å². The molecule has 0 fully saturated rings. The molecule has 4 rings (SSSR count). The van der Waals surface area contributed by atoms with Crippen molar-refractivity contribution in [3.63, 3.8) is 0 Å². The van der Waals surface area contributed by atoms with Crippen LogP contribution in [-0.2, 0) is 32.2 Å². The second-order valence-corrected chi connectivity index (χ2v) is 16.9. The van der Waals surface area contributed by atoms with Crippen molar-refractivity contribution >= 4 is 23.4 Å². The average molecular weight is 744 g/mol. The Labute approximate surface area is 323 Å². The number of carbonyl (C=O) groups excluding carboxylic acids is 3. The standard InChI is InChI=1S/C43H65N7O4/c1-29(2)31(5)27-32(6)46-41(53)42(7,8)22-26-54-43(9,10)21-23-45-37(51)19-20-38(52)49-28-33-15-11-12-16-34(33)40-39(35-17-13-14-18-36(35)49)47-48-50(40)25-24-44-30(3)4/h11-18,29-32,44H,19-28H2,1-10H3,(H,45,51)(H,46,53). The van der Waals surface area contributed by atoms with Crippen LogP contribution in [0.5, 0.6) is 0 Å².